The van der Waals surface area contributed by atoms with Gasteiger partial charge in [0.1, 0.15) is 5.56 Å². The van der Waals surface area contributed by atoms with Gasteiger partial charge < -0.3 is 24.6 Å². The molecule has 1 fully saturated rings. The van der Waals surface area contributed by atoms with Crippen LogP contribution in [-0.2, 0) is 14.3 Å². The number of nitrogen functional groups attached to an aromatic ring is 1. The molecular weight excluding hydrogens is 266 g/mol. The Bertz CT molecular complexity index is 488. The Morgan fingerprint density at radius 3 is 2.60 bits per heavy atom. The molecule has 2 rings (SSSR count). The van der Waals surface area contributed by atoms with Crippen molar-refractivity contribution >= 4 is 17.8 Å². The largest absolute Gasteiger partial charge is 0.449 e. The Hall–Kier alpha value is -2.09. The van der Waals surface area contributed by atoms with Crippen LogP contribution < -0.4 is 5.73 Å². The molecule has 8 heteroatoms. The van der Waals surface area contributed by atoms with Crippen molar-refractivity contribution in [1.29, 1.82) is 0 Å². The molecule has 2 heterocycles. The maximum Gasteiger partial charge on any atom is 0.346 e. The molecule has 0 aliphatic carbocycles. The number of aromatic nitrogens is 1. The second-order valence-corrected chi connectivity index (χ2v) is 4.49. The van der Waals surface area contributed by atoms with Gasteiger partial charge in [0.15, 0.2) is 6.10 Å². The Balaban J connectivity index is 1.98. The van der Waals surface area contributed by atoms with Crippen LogP contribution in [0.1, 0.15) is 23.0 Å². The number of morpholine rings is 1. The molecule has 0 bridgehead atoms. The smallest absolute Gasteiger partial charge is 0.346 e. The molecule has 1 aliphatic rings. The summed E-state index contributed by atoms with van der Waals surface area (Å²) in [5.74, 6) is -1.08. The highest BCUT2D eigenvalue weighted by Gasteiger charge is 2.28. The molecule has 1 saturated heterocycles. The number of amides is 1. The van der Waals surface area contributed by atoms with Crippen molar-refractivity contribution in [2.24, 2.45) is 0 Å². The Labute approximate surface area is 115 Å². The van der Waals surface area contributed by atoms with Gasteiger partial charge >= 0.3 is 5.97 Å². The molecule has 0 aromatic carbocycles. The van der Waals surface area contributed by atoms with Crippen LogP contribution in [0, 0.1) is 6.92 Å². The third kappa shape index (κ3) is 2.90. The number of anilines is 1. The number of aryl methyl sites for hydroxylation is 1. The molecule has 0 unspecified atom stereocenters. The minimum absolute atomic E-state index is 0.0617. The lowest BCUT2D eigenvalue weighted by molar-refractivity contribution is -0.143. The average molecular weight is 283 g/mol. The highest BCUT2D eigenvalue weighted by atomic mass is 16.6. The molecule has 1 aliphatic heterocycles. The first kappa shape index (κ1) is 14.3. The summed E-state index contributed by atoms with van der Waals surface area (Å²) in [5, 5.41) is 3.57. The molecular formula is C12H17N3O5. The summed E-state index contributed by atoms with van der Waals surface area (Å²) in [6.07, 6.45) is -0.894. The van der Waals surface area contributed by atoms with Gasteiger partial charge in [0.05, 0.1) is 18.9 Å². The van der Waals surface area contributed by atoms with E-state index in [0.717, 1.165) is 0 Å². The van der Waals surface area contributed by atoms with Gasteiger partial charge in [-0.1, -0.05) is 5.16 Å². The first-order valence-electron chi connectivity index (χ1n) is 6.30. The van der Waals surface area contributed by atoms with Crippen molar-refractivity contribution in [3.05, 3.63) is 11.3 Å². The van der Waals surface area contributed by atoms with E-state index in [1.807, 2.05) is 0 Å². The Morgan fingerprint density at radius 1 is 1.40 bits per heavy atom. The van der Waals surface area contributed by atoms with Crippen molar-refractivity contribution < 1.29 is 23.6 Å². The fraction of sp³-hybridized carbons (Fsp3) is 0.583. The summed E-state index contributed by atoms with van der Waals surface area (Å²) in [4.78, 5) is 25.6. The number of carbonyl (C=O) groups is 2. The van der Waals surface area contributed by atoms with Gasteiger partial charge in [-0.3, -0.25) is 4.79 Å². The number of nitrogens with two attached hydrogens (primary N) is 1. The van der Waals surface area contributed by atoms with E-state index in [9.17, 15) is 9.59 Å². The van der Waals surface area contributed by atoms with Crippen LogP contribution in [0.5, 0.6) is 0 Å². The SMILES string of the molecule is Cc1noc(N)c1C(=O)O[C@H](C)C(=O)N1CCOCC1. The molecule has 8 nitrogen and oxygen atoms in total. The second kappa shape index (κ2) is 5.91. The summed E-state index contributed by atoms with van der Waals surface area (Å²) in [7, 11) is 0. The van der Waals surface area contributed by atoms with Gasteiger partial charge in [0, 0.05) is 13.1 Å². The topological polar surface area (TPSA) is 108 Å². The molecule has 1 aromatic heterocycles. The van der Waals surface area contributed by atoms with E-state index in [4.69, 9.17) is 15.2 Å². The number of nitrogens with zero attached hydrogens (tertiary/aromatic N) is 2. The number of hydrogen-bond acceptors (Lipinski definition) is 7. The second-order valence-electron chi connectivity index (χ2n) is 4.49. The third-order valence-corrected chi connectivity index (χ3v) is 3.05. The molecule has 0 saturated carbocycles. The maximum atomic E-state index is 12.1. The zero-order valence-corrected chi connectivity index (χ0v) is 11.4. The van der Waals surface area contributed by atoms with Crippen molar-refractivity contribution in [3.63, 3.8) is 0 Å². The van der Waals surface area contributed by atoms with Gasteiger partial charge in [-0.2, -0.15) is 0 Å². The van der Waals surface area contributed by atoms with Gasteiger partial charge in [-0.25, -0.2) is 4.79 Å². The summed E-state index contributed by atoms with van der Waals surface area (Å²) in [6, 6.07) is 0. The Morgan fingerprint density at radius 2 is 2.05 bits per heavy atom. The van der Waals surface area contributed by atoms with E-state index in [1.165, 1.54) is 6.92 Å². The zero-order chi connectivity index (χ0) is 14.7. The molecule has 110 valence electrons. The van der Waals surface area contributed by atoms with E-state index in [2.05, 4.69) is 9.68 Å². The van der Waals surface area contributed by atoms with Crippen LogP contribution in [0.4, 0.5) is 5.88 Å². The predicted molar refractivity (Wildman–Crippen MR) is 67.9 cm³/mol. The van der Waals surface area contributed by atoms with Crippen LogP contribution in [-0.4, -0.2) is 54.3 Å². The highest BCUT2D eigenvalue weighted by Crippen LogP contribution is 2.17. The first-order chi connectivity index (χ1) is 9.50. The lowest BCUT2D eigenvalue weighted by Crippen LogP contribution is -2.46. The van der Waals surface area contributed by atoms with Crippen molar-refractivity contribution in [3.8, 4) is 0 Å². The standard InChI is InChI=1S/C12H17N3O5/c1-7-9(10(13)20-14-7)12(17)19-8(2)11(16)15-3-5-18-6-4-15/h8H,3-6,13H2,1-2H3/t8-/m1/s1. The van der Waals surface area contributed by atoms with Crippen LogP contribution in [0.2, 0.25) is 0 Å². The number of esters is 1. The molecule has 1 amide bonds. The fourth-order valence-corrected chi connectivity index (χ4v) is 1.95. The molecule has 1 atom stereocenters. The molecule has 1 aromatic rings. The molecule has 0 spiro atoms. The summed E-state index contributed by atoms with van der Waals surface area (Å²) in [6.45, 7) is 5.07. The van der Waals surface area contributed by atoms with E-state index in [-0.39, 0.29) is 17.4 Å². The van der Waals surface area contributed by atoms with E-state index < -0.39 is 12.1 Å². The lowest BCUT2D eigenvalue weighted by atomic mass is 10.2. The van der Waals surface area contributed by atoms with Gasteiger partial charge in [0.25, 0.3) is 5.91 Å². The quantitative estimate of drug-likeness (QED) is 0.776. The van der Waals surface area contributed by atoms with Gasteiger partial charge in [-0.05, 0) is 13.8 Å². The molecule has 0 radical (unpaired) electrons. The minimum Gasteiger partial charge on any atom is -0.449 e. The molecule has 2 N–H and O–H groups in total. The zero-order valence-electron chi connectivity index (χ0n) is 11.4. The van der Waals surface area contributed by atoms with Crippen molar-refractivity contribution in [1.82, 2.24) is 10.1 Å². The summed E-state index contributed by atoms with van der Waals surface area (Å²) in [5.41, 5.74) is 5.89. The summed E-state index contributed by atoms with van der Waals surface area (Å²) < 4.78 is 15.0. The normalized spacial score (nSPS) is 16.8. The fourth-order valence-electron chi connectivity index (χ4n) is 1.95. The van der Waals surface area contributed by atoms with E-state index in [1.54, 1.807) is 11.8 Å². The van der Waals surface area contributed by atoms with Crippen molar-refractivity contribution in [2.75, 3.05) is 32.0 Å². The monoisotopic (exact) mass is 283 g/mol. The Kier molecular flexibility index (Phi) is 4.23. The first-order valence-corrected chi connectivity index (χ1v) is 6.30. The maximum absolute atomic E-state index is 12.1. The highest BCUT2D eigenvalue weighted by molar-refractivity contribution is 5.96. The lowest BCUT2D eigenvalue weighted by Gasteiger charge is -2.28. The van der Waals surface area contributed by atoms with E-state index >= 15 is 0 Å². The number of carbonyl (C=O) groups excluding carboxylic acids is 2. The summed E-state index contributed by atoms with van der Waals surface area (Å²) >= 11 is 0. The van der Waals surface area contributed by atoms with Crippen LogP contribution in [0.3, 0.4) is 0 Å². The third-order valence-electron chi connectivity index (χ3n) is 3.05. The number of rotatable bonds is 3. The van der Waals surface area contributed by atoms with Crippen LogP contribution >= 0.6 is 0 Å². The van der Waals surface area contributed by atoms with E-state index in [0.29, 0.717) is 32.0 Å². The minimum atomic E-state index is -0.894. The van der Waals surface area contributed by atoms with Gasteiger partial charge in [-0.15, -0.1) is 0 Å². The predicted octanol–water partition coefficient (Wildman–Crippen LogP) is -0.0307. The van der Waals surface area contributed by atoms with Crippen LogP contribution in [0.25, 0.3) is 0 Å². The van der Waals surface area contributed by atoms with Gasteiger partial charge in [0.2, 0.25) is 5.88 Å². The van der Waals surface area contributed by atoms with Crippen LogP contribution in [0.15, 0.2) is 4.52 Å². The van der Waals surface area contributed by atoms with Crippen molar-refractivity contribution in [2.45, 2.75) is 20.0 Å². The molecule has 20 heavy (non-hydrogen) atoms. The number of ether oxygens (including phenoxy) is 2. The number of hydrogen-bond donors (Lipinski definition) is 1. The average Bonchev–Trinajstić information content (AvgIpc) is 2.78.